The molecule has 0 saturated carbocycles. The first-order valence-corrected chi connectivity index (χ1v) is 20.0. The fourth-order valence-corrected chi connectivity index (χ4v) is 7.84. The highest BCUT2D eigenvalue weighted by Crippen LogP contribution is 2.41. The van der Waals surface area contributed by atoms with Crippen LogP contribution in [0, 0.1) is 5.92 Å². The Balaban J connectivity index is 1.25. The minimum atomic E-state index is -1.36. The number of aliphatic hydroxyl groups is 1. The van der Waals surface area contributed by atoms with E-state index in [-0.39, 0.29) is 0 Å². The summed E-state index contributed by atoms with van der Waals surface area (Å²) in [6.07, 6.45) is -1.36. The molecule has 1 atom stereocenters. The van der Waals surface area contributed by atoms with Gasteiger partial charge in [-0.3, -0.25) is 4.79 Å². The lowest BCUT2D eigenvalue weighted by Crippen LogP contribution is -2.39. The van der Waals surface area contributed by atoms with Gasteiger partial charge in [0, 0.05) is 18.7 Å². The SMILES string of the molecule is CC(C)CN(Cc1ccccc1)c1ccc(-c2ccccc2-c2nnn(C(c3ccccc3)(c3ccccc3)c3ccccc3)n2)cc1NC(=O)C(O)c1ccccc1. The van der Waals surface area contributed by atoms with Gasteiger partial charge in [-0.05, 0) is 62.2 Å². The smallest absolute Gasteiger partial charge is 0.257 e. The number of nitrogens with zero attached hydrogens (tertiary/aromatic N) is 5. The molecule has 0 bridgehead atoms. The zero-order chi connectivity index (χ0) is 40.6. The fourth-order valence-electron chi connectivity index (χ4n) is 7.84. The third kappa shape index (κ3) is 8.17. The minimum absolute atomic E-state index is 0.334. The molecule has 0 aliphatic rings. The summed E-state index contributed by atoms with van der Waals surface area (Å²) in [5.74, 6) is 0.268. The number of aliphatic hydroxyl groups excluding tert-OH is 1. The maximum Gasteiger partial charge on any atom is 0.257 e. The Labute approximate surface area is 345 Å². The van der Waals surface area contributed by atoms with E-state index >= 15 is 0 Å². The Bertz CT molecular complexity index is 2500. The topological polar surface area (TPSA) is 96.2 Å². The van der Waals surface area contributed by atoms with Crippen molar-refractivity contribution >= 4 is 17.3 Å². The van der Waals surface area contributed by atoms with E-state index in [1.165, 1.54) is 0 Å². The number of tetrazole rings is 1. The molecule has 8 heteroatoms. The largest absolute Gasteiger partial charge is 0.378 e. The summed E-state index contributed by atoms with van der Waals surface area (Å²) >= 11 is 0. The standard InChI is InChI=1S/C51H46N6O2/c1-37(2)35-56(36-38-20-8-3-9-21-38)47-33-32-40(34-46(47)52-50(59)48(58)39-22-10-4-11-23-39)44-30-18-19-31-45(44)49-53-55-57(54-49)51(41-24-12-5-13-25-41,42-26-14-6-15-27-42)43-28-16-7-17-29-43/h3-34,37,48,58H,35-36H2,1-2H3,(H,52,59). The van der Waals surface area contributed by atoms with Crippen LogP contribution in [0.3, 0.4) is 0 Å². The number of hydrogen-bond acceptors (Lipinski definition) is 6. The zero-order valence-corrected chi connectivity index (χ0v) is 33.1. The van der Waals surface area contributed by atoms with Crippen molar-refractivity contribution in [3.63, 3.8) is 0 Å². The summed E-state index contributed by atoms with van der Waals surface area (Å²) in [5.41, 5.74) is 7.62. The van der Waals surface area contributed by atoms with Crippen LogP contribution in [0.2, 0.25) is 0 Å². The minimum Gasteiger partial charge on any atom is -0.378 e. The first-order chi connectivity index (χ1) is 28.9. The quantitative estimate of drug-likeness (QED) is 0.107. The van der Waals surface area contributed by atoms with E-state index in [2.05, 4.69) is 84.7 Å². The summed E-state index contributed by atoms with van der Waals surface area (Å²) in [6, 6.07) is 64.2. The van der Waals surface area contributed by atoms with Crippen LogP contribution in [0.1, 0.15) is 47.8 Å². The van der Waals surface area contributed by atoms with Gasteiger partial charge in [-0.15, -0.1) is 15.0 Å². The third-order valence-corrected chi connectivity index (χ3v) is 10.5. The molecule has 0 radical (unpaired) electrons. The number of aromatic nitrogens is 4. The Hall–Kier alpha value is -7.16. The normalized spacial score (nSPS) is 11.9. The number of nitrogens with one attached hydrogen (secondary N) is 1. The Kier molecular flexibility index (Phi) is 11.5. The summed E-state index contributed by atoms with van der Waals surface area (Å²) in [7, 11) is 0. The van der Waals surface area contributed by atoms with Crippen LogP contribution in [0.15, 0.2) is 194 Å². The van der Waals surface area contributed by atoms with E-state index in [1.54, 1.807) is 16.9 Å². The Morgan fingerprint density at radius 1 is 0.661 bits per heavy atom. The summed E-state index contributed by atoms with van der Waals surface area (Å²) in [5, 5.41) is 29.1. The van der Waals surface area contributed by atoms with Gasteiger partial charge < -0.3 is 15.3 Å². The Morgan fingerprint density at radius 3 is 1.73 bits per heavy atom. The molecule has 2 N–H and O–H groups in total. The molecule has 59 heavy (non-hydrogen) atoms. The lowest BCUT2D eigenvalue weighted by molar-refractivity contribution is -0.124. The lowest BCUT2D eigenvalue weighted by Gasteiger charge is -2.34. The molecular weight excluding hydrogens is 729 g/mol. The number of hydrogen-bond donors (Lipinski definition) is 2. The van der Waals surface area contributed by atoms with Gasteiger partial charge in [-0.2, -0.15) is 0 Å². The zero-order valence-electron chi connectivity index (χ0n) is 33.1. The molecule has 0 saturated heterocycles. The van der Waals surface area contributed by atoms with Crippen molar-refractivity contribution in [3.8, 4) is 22.5 Å². The van der Waals surface area contributed by atoms with Gasteiger partial charge in [0.05, 0.1) is 11.4 Å². The second kappa shape index (κ2) is 17.5. The predicted octanol–water partition coefficient (Wildman–Crippen LogP) is 10.2. The highest BCUT2D eigenvalue weighted by atomic mass is 16.3. The van der Waals surface area contributed by atoms with Gasteiger partial charge in [0.1, 0.15) is 0 Å². The van der Waals surface area contributed by atoms with Crippen molar-refractivity contribution in [2.24, 2.45) is 5.92 Å². The average Bonchev–Trinajstić information content (AvgIpc) is 3.78. The maximum absolute atomic E-state index is 13.8. The van der Waals surface area contributed by atoms with Crippen LogP contribution in [0.5, 0.6) is 0 Å². The highest BCUT2D eigenvalue weighted by molar-refractivity contribution is 5.99. The third-order valence-electron chi connectivity index (χ3n) is 10.5. The van der Waals surface area contributed by atoms with E-state index in [0.29, 0.717) is 29.5 Å². The average molecular weight is 775 g/mol. The predicted molar refractivity (Wildman–Crippen MR) is 236 cm³/mol. The molecule has 7 aromatic carbocycles. The van der Waals surface area contributed by atoms with E-state index in [0.717, 1.165) is 51.2 Å². The van der Waals surface area contributed by atoms with Crippen LogP contribution >= 0.6 is 0 Å². The highest BCUT2D eigenvalue weighted by Gasteiger charge is 2.41. The summed E-state index contributed by atoms with van der Waals surface area (Å²) < 4.78 is 0. The number of rotatable bonds is 14. The molecule has 0 spiro atoms. The summed E-state index contributed by atoms with van der Waals surface area (Å²) in [4.78, 5) is 17.9. The van der Waals surface area contributed by atoms with E-state index < -0.39 is 17.6 Å². The number of amides is 1. The second-order valence-corrected chi connectivity index (χ2v) is 15.1. The second-order valence-electron chi connectivity index (χ2n) is 15.1. The molecule has 1 unspecified atom stereocenters. The van der Waals surface area contributed by atoms with E-state index in [1.807, 2.05) is 121 Å². The molecular formula is C51H46N6O2. The van der Waals surface area contributed by atoms with Crippen LogP contribution in [-0.4, -0.2) is 37.8 Å². The van der Waals surface area contributed by atoms with Gasteiger partial charge in [0.15, 0.2) is 11.6 Å². The van der Waals surface area contributed by atoms with Gasteiger partial charge in [-0.1, -0.05) is 196 Å². The molecule has 0 aliphatic carbocycles. The van der Waals surface area contributed by atoms with E-state index in [4.69, 9.17) is 15.4 Å². The van der Waals surface area contributed by atoms with Crippen molar-refractivity contribution in [2.75, 3.05) is 16.8 Å². The number of anilines is 2. The van der Waals surface area contributed by atoms with Gasteiger partial charge in [0.25, 0.3) is 5.91 Å². The number of carbonyl (C=O) groups excluding carboxylic acids is 1. The maximum atomic E-state index is 13.8. The molecule has 1 amide bonds. The molecule has 0 aliphatic heterocycles. The molecule has 1 aromatic heterocycles. The van der Waals surface area contributed by atoms with Crippen LogP contribution in [-0.2, 0) is 16.9 Å². The van der Waals surface area contributed by atoms with Gasteiger partial charge >= 0.3 is 0 Å². The van der Waals surface area contributed by atoms with Gasteiger partial charge in [-0.25, -0.2) is 0 Å². The summed E-state index contributed by atoms with van der Waals surface area (Å²) in [6.45, 7) is 5.75. The first-order valence-electron chi connectivity index (χ1n) is 20.0. The molecule has 8 aromatic rings. The lowest BCUT2D eigenvalue weighted by atomic mass is 9.77. The van der Waals surface area contributed by atoms with Crippen molar-refractivity contribution < 1.29 is 9.90 Å². The van der Waals surface area contributed by atoms with Crippen molar-refractivity contribution in [2.45, 2.75) is 32.0 Å². The molecule has 8 rings (SSSR count). The Morgan fingerprint density at radius 2 is 1.17 bits per heavy atom. The molecule has 8 nitrogen and oxygen atoms in total. The van der Waals surface area contributed by atoms with Gasteiger partial charge in [0.2, 0.25) is 5.82 Å². The first kappa shape index (κ1) is 38.7. The molecule has 1 heterocycles. The van der Waals surface area contributed by atoms with Crippen LogP contribution in [0.4, 0.5) is 11.4 Å². The molecule has 0 fully saturated rings. The van der Waals surface area contributed by atoms with Crippen molar-refractivity contribution in [1.82, 2.24) is 20.2 Å². The van der Waals surface area contributed by atoms with Crippen LogP contribution < -0.4 is 10.2 Å². The number of carbonyl (C=O) groups is 1. The number of benzene rings is 7. The van der Waals surface area contributed by atoms with Crippen molar-refractivity contribution in [1.29, 1.82) is 0 Å². The van der Waals surface area contributed by atoms with Crippen molar-refractivity contribution in [3.05, 3.63) is 222 Å². The van der Waals surface area contributed by atoms with Crippen LogP contribution in [0.25, 0.3) is 22.5 Å². The fraction of sp³-hybridized carbons (Fsp3) is 0.137. The molecule has 292 valence electrons. The monoisotopic (exact) mass is 774 g/mol. The van der Waals surface area contributed by atoms with E-state index in [9.17, 15) is 9.90 Å².